The van der Waals surface area contributed by atoms with E-state index in [1.165, 1.54) is 0 Å². The van der Waals surface area contributed by atoms with E-state index in [0.717, 1.165) is 29.2 Å². The van der Waals surface area contributed by atoms with E-state index in [1.807, 2.05) is 23.6 Å². The molecule has 2 N–H and O–H groups in total. The topological polar surface area (TPSA) is 84.3 Å². The van der Waals surface area contributed by atoms with E-state index >= 15 is 0 Å². The van der Waals surface area contributed by atoms with E-state index in [0.29, 0.717) is 32.6 Å². The van der Waals surface area contributed by atoms with Gasteiger partial charge in [0.05, 0.1) is 18.0 Å². The lowest BCUT2D eigenvalue weighted by Crippen LogP contribution is -2.43. The van der Waals surface area contributed by atoms with Crippen molar-refractivity contribution in [1.29, 1.82) is 0 Å². The van der Waals surface area contributed by atoms with Crippen molar-refractivity contribution in [3.05, 3.63) is 35.5 Å². The van der Waals surface area contributed by atoms with Crippen LogP contribution in [0, 0.1) is 5.41 Å². The molecule has 3 rings (SSSR count). The van der Waals surface area contributed by atoms with Crippen LogP contribution in [0.25, 0.3) is 10.7 Å². The molecule has 1 fully saturated rings. The SMILES string of the molecule is O=C(CCc1csc(-c2ccccn2)n1)NCC1(CO)CCOCC1. The number of pyridine rings is 1. The summed E-state index contributed by atoms with van der Waals surface area (Å²) in [7, 11) is 0. The average molecular weight is 361 g/mol. The molecule has 0 atom stereocenters. The van der Waals surface area contributed by atoms with E-state index in [4.69, 9.17) is 4.74 Å². The lowest BCUT2D eigenvalue weighted by molar-refractivity contribution is -0.122. The Labute approximate surface area is 151 Å². The van der Waals surface area contributed by atoms with Crippen LogP contribution in [0.3, 0.4) is 0 Å². The third-order valence-electron chi connectivity index (χ3n) is 4.59. The van der Waals surface area contributed by atoms with Crippen molar-refractivity contribution in [1.82, 2.24) is 15.3 Å². The molecule has 0 aliphatic carbocycles. The molecule has 0 unspecified atom stereocenters. The Hall–Kier alpha value is -1.83. The lowest BCUT2D eigenvalue weighted by Gasteiger charge is -2.35. The number of aromatic nitrogens is 2. The van der Waals surface area contributed by atoms with Gasteiger partial charge in [-0.1, -0.05) is 6.07 Å². The highest BCUT2D eigenvalue weighted by Gasteiger charge is 2.32. The number of aliphatic hydroxyl groups is 1. The van der Waals surface area contributed by atoms with Crippen LogP contribution >= 0.6 is 11.3 Å². The van der Waals surface area contributed by atoms with E-state index in [9.17, 15) is 9.90 Å². The van der Waals surface area contributed by atoms with Gasteiger partial charge in [-0.15, -0.1) is 11.3 Å². The quantitative estimate of drug-likeness (QED) is 0.788. The summed E-state index contributed by atoms with van der Waals surface area (Å²) in [4.78, 5) is 21.0. The lowest BCUT2D eigenvalue weighted by atomic mass is 9.81. The summed E-state index contributed by atoms with van der Waals surface area (Å²) in [6.07, 6.45) is 4.30. The second kappa shape index (κ2) is 8.51. The van der Waals surface area contributed by atoms with Crippen LogP contribution in [0.4, 0.5) is 0 Å². The zero-order valence-corrected chi connectivity index (χ0v) is 14.9. The molecule has 1 amide bonds. The fraction of sp³-hybridized carbons (Fsp3) is 0.500. The summed E-state index contributed by atoms with van der Waals surface area (Å²) in [6.45, 7) is 1.87. The van der Waals surface area contributed by atoms with Crippen LogP contribution in [-0.2, 0) is 16.0 Å². The Morgan fingerprint density at radius 1 is 1.36 bits per heavy atom. The van der Waals surface area contributed by atoms with Gasteiger partial charge in [0.25, 0.3) is 0 Å². The zero-order valence-electron chi connectivity index (χ0n) is 14.1. The van der Waals surface area contributed by atoms with E-state index in [-0.39, 0.29) is 17.9 Å². The Kier molecular flexibility index (Phi) is 6.12. The van der Waals surface area contributed by atoms with Crippen molar-refractivity contribution < 1.29 is 14.6 Å². The summed E-state index contributed by atoms with van der Waals surface area (Å²) in [5.74, 6) is -0.00768. The first-order valence-corrected chi connectivity index (χ1v) is 9.40. The zero-order chi connectivity index (χ0) is 17.5. The van der Waals surface area contributed by atoms with Gasteiger partial charge in [-0.05, 0) is 31.4 Å². The number of aliphatic hydroxyl groups excluding tert-OH is 1. The van der Waals surface area contributed by atoms with Crippen molar-refractivity contribution in [2.75, 3.05) is 26.4 Å². The summed E-state index contributed by atoms with van der Waals surface area (Å²) in [6, 6.07) is 5.74. The molecule has 1 aliphatic heterocycles. The molecular weight excluding hydrogens is 338 g/mol. The minimum absolute atomic E-state index is 0.00768. The van der Waals surface area contributed by atoms with Gasteiger partial charge in [0.1, 0.15) is 5.01 Å². The van der Waals surface area contributed by atoms with Gasteiger partial charge in [0.15, 0.2) is 0 Å². The molecule has 2 aromatic rings. The standard InChI is InChI=1S/C18H23N3O3S/c22-13-18(6-9-24-10-7-18)12-20-16(23)5-4-14-11-25-17(21-14)15-3-1-2-8-19-15/h1-3,8,11,22H,4-7,9-10,12-13H2,(H,20,23). The number of hydrogen-bond donors (Lipinski definition) is 2. The fourth-order valence-electron chi connectivity index (χ4n) is 2.84. The van der Waals surface area contributed by atoms with Gasteiger partial charge in [0.2, 0.25) is 5.91 Å². The number of carbonyl (C=O) groups excluding carboxylic acids is 1. The number of hydrogen-bond acceptors (Lipinski definition) is 6. The molecular formula is C18H23N3O3S. The minimum atomic E-state index is -0.235. The normalized spacial score (nSPS) is 16.5. The fourth-order valence-corrected chi connectivity index (χ4v) is 3.67. The molecule has 3 heterocycles. The van der Waals surface area contributed by atoms with Crippen LogP contribution < -0.4 is 5.32 Å². The molecule has 1 saturated heterocycles. The predicted octanol–water partition coefficient (Wildman–Crippen LogP) is 2.04. The summed E-state index contributed by atoms with van der Waals surface area (Å²) in [5, 5.41) is 15.5. The number of ether oxygens (including phenoxy) is 1. The van der Waals surface area contributed by atoms with E-state index in [1.54, 1.807) is 17.5 Å². The van der Waals surface area contributed by atoms with Gasteiger partial charge in [0, 0.05) is 43.2 Å². The second-order valence-corrected chi connectivity index (χ2v) is 7.26. The Balaban J connectivity index is 1.47. The molecule has 0 bridgehead atoms. The maximum absolute atomic E-state index is 12.1. The van der Waals surface area contributed by atoms with Crippen molar-refractivity contribution in [2.45, 2.75) is 25.7 Å². The van der Waals surface area contributed by atoms with Gasteiger partial charge < -0.3 is 15.2 Å². The number of amides is 1. The maximum Gasteiger partial charge on any atom is 0.220 e. The highest BCUT2D eigenvalue weighted by atomic mass is 32.1. The van der Waals surface area contributed by atoms with Crippen LogP contribution in [-0.4, -0.2) is 47.3 Å². The van der Waals surface area contributed by atoms with Gasteiger partial charge in [-0.2, -0.15) is 0 Å². The molecule has 6 nitrogen and oxygen atoms in total. The predicted molar refractivity (Wildman–Crippen MR) is 96.2 cm³/mol. The van der Waals surface area contributed by atoms with Crippen molar-refractivity contribution in [2.24, 2.45) is 5.41 Å². The van der Waals surface area contributed by atoms with Crippen LogP contribution in [0.2, 0.25) is 0 Å². The minimum Gasteiger partial charge on any atom is -0.396 e. The van der Waals surface area contributed by atoms with E-state index in [2.05, 4.69) is 15.3 Å². The third kappa shape index (κ3) is 4.84. The summed E-state index contributed by atoms with van der Waals surface area (Å²) < 4.78 is 5.34. The highest BCUT2D eigenvalue weighted by molar-refractivity contribution is 7.13. The van der Waals surface area contributed by atoms with Crippen LogP contribution in [0.1, 0.15) is 25.0 Å². The Morgan fingerprint density at radius 2 is 2.20 bits per heavy atom. The average Bonchev–Trinajstić information content (AvgIpc) is 3.15. The van der Waals surface area contributed by atoms with E-state index < -0.39 is 0 Å². The van der Waals surface area contributed by atoms with Crippen molar-refractivity contribution in [3.8, 4) is 10.7 Å². The highest BCUT2D eigenvalue weighted by Crippen LogP contribution is 2.29. The van der Waals surface area contributed by atoms with Gasteiger partial charge in [-0.3, -0.25) is 9.78 Å². The van der Waals surface area contributed by atoms with Gasteiger partial charge >= 0.3 is 0 Å². The second-order valence-electron chi connectivity index (χ2n) is 6.41. The number of carbonyl (C=O) groups is 1. The molecule has 7 heteroatoms. The molecule has 0 radical (unpaired) electrons. The van der Waals surface area contributed by atoms with Crippen LogP contribution in [0.5, 0.6) is 0 Å². The molecule has 0 saturated carbocycles. The summed E-state index contributed by atoms with van der Waals surface area (Å²) >= 11 is 1.54. The smallest absolute Gasteiger partial charge is 0.220 e. The number of nitrogens with one attached hydrogen (secondary N) is 1. The first-order chi connectivity index (χ1) is 12.2. The Morgan fingerprint density at radius 3 is 2.92 bits per heavy atom. The number of nitrogens with zero attached hydrogens (tertiary/aromatic N) is 2. The molecule has 1 aliphatic rings. The first kappa shape index (κ1) is 18.0. The number of thiazole rings is 1. The Bertz CT molecular complexity index is 684. The van der Waals surface area contributed by atoms with Crippen molar-refractivity contribution >= 4 is 17.2 Å². The maximum atomic E-state index is 12.1. The molecule has 0 aromatic carbocycles. The molecule has 134 valence electrons. The summed E-state index contributed by atoms with van der Waals surface area (Å²) in [5.41, 5.74) is 1.53. The van der Waals surface area contributed by atoms with Gasteiger partial charge in [-0.25, -0.2) is 4.98 Å². The largest absolute Gasteiger partial charge is 0.396 e. The third-order valence-corrected chi connectivity index (χ3v) is 5.51. The molecule has 0 spiro atoms. The molecule has 25 heavy (non-hydrogen) atoms. The first-order valence-electron chi connectivity index (χ1n) is 8.52. The molecule has 2 aromatic heterocycles. The van der Waals surface area contributed by atoms with Crippen molar-refractivity contribution in [3.63, 3.8) is 0 Å². The number of aryl methyl sites for hydroxylation is 1. The monoisotopic (exact) mass is 361 g/mol. The van der Waals surface area contributed by atoms with Crippen LogP contribution in [0.15, 0.2) is 29.8 Å². The number of rotatable bonds is 7.